The van der Waals surface area contributed by atoms with Gasteiger partial charge in [-0.15, -0.1) is 0 Å². The average molecular weight is 156 g/mol. The maximum absolute atomic E-state index is 8.96. The lowest BCUT2D eigenvalue weighted by Crippen LogP contribution is -1.89. The monoisotopic (exact) mass is 156 g/mol. The van der Waals surface area contributed by atoms with E-state index >= 15 is 0 Å². The Labute approximate surface area is 65.5 Å². The molecule has 0 atom stereocenters. The molecular formula is C8H12O3. The Morgan fingerprint density at radius 3 is 2.73 bits per heavy atom. The molecule has 0 aliphatic heterocycles. The summed E-state index contributed by atoms with van der Waals surface area (Å²) >= 11 is 0. The first kappa shape index (κ1) is 9.78. The largest absolute Gasteiger partial charge is 0.508 e. The van der Waals surface area contributed by atoms with Gasteiger partial charge in [-0.05, 0) is 19.1 Å². The summed E-state index contributed by atoms with van der Waals surface area (Å²) in [4.78, 5) is 0. The lowest BCUT2D eigenvalue weighted by molar-refractivity contribution is 0.337. The summed E-state index contributed by atoms with van der Waals surface area (Å²) in [7, 11) is 0. The molecule has 0 spiro atoms. The lowest BCUT2D eigenvalue weighted by atomic mass is 10.3. The second-order valence-corrected chi connectivity index (χ2v) is 1.93. The number of hydrogen-bond acceptors (Lipinski definition) is 2. The van der Waals surface area contributed by atoms with Crippen LogP contribution in [-0.2, 0) is 0 Å². The number of benzene rings is 1. The molecule has 62 valence electrons. The molecule has 3 N–H and O–H groups in total. The van der Waals surface area contributed by atoms with Gasteiger partial charge < -0.3 is 15.3 Å². The molecule has 0 saturated carbocycles. The Balaban J connectivity index is 0.000001000. The zero-order valence-electron chi connectivity index (χ0n) is 6.37. The summed E-state index contributed by atoms with van der Waals surface area (Å²) in [5, 5.41) is 8.96. The molecule has 0 saturated heterocycles. The number of ether oxygens (including phenoxy) is 1. The van der Waals surface area contributed by atoms with E-state index in [1.807, 2.05) is 13.0 Å². The minimum atomic E-state index is 0. The van der Waals surface area contributed by atoms with Crippen LogP contribution in [0.25, 0.3) is 0 Å². The summed E-state index contributed by atoms with van der Waals surface area (Å²) in [5.74, 6) is 0.952. The highest BCUT2D eigenvalue weighted by atomic mass is 16.5. The molecule has 0 fully saturated rings. The highest BCUT2D eigenvalue weighted by Gasteiger charge is 1.90. The molecule has 0 unspecified atom stereocenters. The first-order valence-corrected chi connectivity index (χ1v) is 3.24. The number of aromatic hydroxyl groups is 1. The second kappa shape index (κ2) is 4.57. The van der Waals surface area contributed by atoms with E-state index in [4.69, 9.17) is 9.84 Å². The molecule has 0 aliphatic rings. The van der Waals surface area contributed by atoms with Crippen molar-refractivity contribution in [3.8, 4) is 11.5 Å². The van der Waals surface area contributed by atoms with Gasteiger partial charge in [0.15, 0.2) is 0 Å². The Morgan fingerprint density at radius 1 is 1.45 bits per heavy atom. The van der Waals surface area contributed by atoms with Crippen molar-refractivity contribution < 1.29 is 15.3 Å². The fourth-order valence-corrected chi connectivity index (χ4v) is 0.740. The van der Waals surface area contributed by atoms with E-state index in [1.54, 1.807) is 18.2 Å². The van der Waals surface area contributed by atoms with Crippen molar-refractivity contribution in [2.45, 2.75) is 6.92 Å². The normalized spacial score (nSPS) is 8.45. The number of rotatable bonds is 2. The van der Waals surface area contributed by atoms with Gasteiger partial charge in [0, 0.05) is 6.07 Å². The van der Waals surface area contributed by atoms with Gasteiger partial charge in [-0.2, -0.15) is 0 Å². The van der Waals surface area contributed by atoms with Crippen LogP contribution >= 0.6 is 0 Å². The summed E-state index contributed by atoms with van der Waals surface area (Å²) < 4.78 is 5.13. The van der Waals surface area contributed by atoms with Crippen molar-refractivity contribution >= 4 is 0 Å². The van der Waals surface area contributed by atoms with E-state index in [0.29, 0.717) is 12.4 Å². The molecule has 1 aromatic rings. The predicted octanol–water partition coefficient (Wildman–Crippen LogP) is 0.966. The van der Waals surface area contributed by atoms with E-state index < -0.39 is 0 Å². The Kier molecular flexibility index (Phi) is 4.07. The minimum absolute atomic E-state index is 0. The van der Waals surface area contributed by atoms with E-state index in [1.165, 1.54) is 0 Å². The molecule has 1 rings (SSSR count). The molecule has 3 heteroatoms. The van der Waals surface area contributed by atoms with Crippen molar-refractivity contribution in [2.75, 3.05) is 6.61 Å². The number of hydrogen-bond donors (Lipinski definition) is 1. The molecule has 0 radical (unpaired) electrons. The van der Waals surface area contributed by atoms with Crippen LogP contribution in [0.5, 0.6) is 11.5 Å². The highest BCUT2D eigenvalue weighted by Crippen LogP contribution is 2.16. The predicted molar refractivity (Wildman–Crippen MR) is 42.9 cm³/mol. The van der Waals surface area contributed by atoms with Crippen molar-refractivity contribution in [2.24, 2.45) is 0 Å². The van der Waals surface area contributed by atoms with Crippen LogP contribution in [0.15, 0.2) is 24.3 Å². The third-order valence-electron chi connectivity index (χ3n) is 1.13. The van der Waals surface area contributed by atoms with Crippen LogP contribution in [0, 0.1) is 0 Å². The highest BCUT2D eigenvalue weighted by molar-refractivity contribution is 5.31. The molecule has 0 amide bonds. The van der Waals surface area contributed by atoms with Gasteiger partial charge in [0.2, 0.25) is 0 Å². The van der Waals surface area contributed by atoms with Gasteiger partial charge in [0.1, 0.15) is 11.5 Å². The van der Waals surface area contributed by atoms with Crippen LogP contribution in [0.1, 0.15) is 6.92 Å². The third-order valence-corrected chi connectivity index (χ3v) is 1.13. The van der Waals surface area contributed by atoms with E-state index in [-0.39, 0.29) is 11.2 Å². The molecule has 0 heterocycles. The van der Waals surface area contributed by atoms with Crippen LogP contribution in [-0.4, -0.2) is 17.2 Å². The van der Waals surface area contributed by atoms with E-state index in [9.17, 15) is 0 Å². The van der Waals surface area contributed by atoms with Crippen molar-refractivity contribution in [3.05, 3.63) is 24.3 Å². The molecule has 0 aromatic heterocycles. The molecular weight excluding hydrogens is 144 g/mol. The van der Waals surface area contributed by atoms with Gasteiger partial charge in [-0.3, -0.25) is 0 Å². The molecule has 3 nitrogen and oxygen atoms in total. The lowest BCUT2D eigenvalue weighted by Gasteiger charge is -2.01. The van der Waals surface area contributed by atoms with Crippen LogP contribution < -0.4 is 4.74 Å². The first-order valence-electron chi connectivity index (χ1n) is 3.24. The number of phenols is 1. The first-order chi connectivity index (χ1) is 4.83. The molecule has 1 aromatic carbocycles. The molecule has 11 heavy (non-hydrogen) atoms. The van der Waals surface area contributed by atoms with Gasteiger partial charge in [-0.25, -0.2) is 0 Å². The van der Waals surface area contributed by atoms with E-state index in [0.717, 1.165) is 0 Å². The van der Waals surface area contributed by atoms with Crippen LogP contribution in [0.3, 0.4) is 0 Å². The van der Waals surface area contributed by atoms with E-state index in [2.05, 4.69) is 0 Å². The topological polar surface area (TPSA) is 61.0 Å². The SMILES string of the molecule is CCOc1cccc(O)c1.O. The second-order valence-electron chi connectivity index (χ2n) is 1.93. The van der Waals surface area contributed by atoms with Crippen molar-refractivity contribution in [1.82, 2.24) is 0 Å². The summed E-state index contributed by atoms with van der Waals surface area (Å²) in [5.41, 5.74) is 0. The van der Waals surface area contributed by atoms with Gasteiger partial charge in [0.05, 0.1) is 6.61 Å². The molecule has 0 aliphatic carbocycles. The van der Waals surface area contributed by atoms with Crippen molar-refractivity contribution in [3.63, 3.8) is 0 Å². The van der Waals surface area contributed by atoms with Crippen LogP contribution in [0.4, 0.5) is 0 Å². The van der Waals surface area contributed by atoms with Crippen LogP contribution in [0.2, 0.25) is 0 Å². The Morgan fingerprint density at radius 2 is 2.18 bits per heavy atom. The third kappa shape index (κ3) is 2.91. The standard InChI is InChI=1S/C8H10O2.H2O/c1-2-10-8-5-3-4-7(9)6-8;/h3-6,9H,2H2,1H3;1H2. The average Bonchev–Trinajstić information content (AvgIpc) is 1.88. The zero-order valence-corrected chi connectivity index (χ0v) is 6.37. The quantitative estimate of drug-likeness (QED) is 0.693. The van der Waals surface area contributed by atoms with Gasteiger partial charge in [0.25, 0.3) is 0 Å². The smallest absolute Gasteiger partial charge is 0.122 e. The summed E-state index contributed by atoms with van der Waals surface area (Å²) in [6.07, 6.45) is 0. The maximum Gasteiger partial charge on any atom is 0.122 e. The van der Waals surface area contributed by atoms with Gasteiger partial charge in [-0.1, -0.05) is 6.07 Å². The molecule has 0 bridgehead atoms. The Bertz CT molecular complexity index is 210. The fourth-order valence-electron chi connectivity index (χ4n) is 0.740. The van der Waals surface area contributed by atoms with Crippen molar-refractivity contribution in [1.29, 1.82) is 0 Å². The fraction of sp³-hybridized carbons (Fsp3) is 0.250. The minimum Gasteiger partial charge on any atom is -0.508 e. The summed E-state index contributed by atoms with van der Waals surface area (Å²) in [6.45, 7) is 2.54. The summed E-state index contributed by atoms with van der Waals surface area (Å²) in [6, 6.07) is 6.76. The maximum atomic E-state index is 8.96. The zero-order chi connectivity index (χ0) is 7.40. The van der Waals surface area contributed by atoms with Gasteiger partial charge >= 0.3 is 0 Å². The Hall–Kier alpha value is -1.22. The number of phenolic OH excluding ortho intramolecular Hbond substituents is 1.